The lowest BCUT2D eigenvalue weighted by Gasteiger charge is -2.34. The minimum atomic E-state index is -0.574. The highest BCUT2D eigenvalue weighted by atomic mass is 35.5. The van der Waals surface area contributed by atoms with E-state index in [1.54, 1.807) is 18.2 Å². The van der Waals surface area contributed by atoms with Crippen LogP contribution in [0, 0.1) is 18.8 Å². The molecule has 25 heavy (non-hydrogen) atoms. The lowest BCUT2D eigenvalue weighted by molar-refractivity contribution is -0.150. The van der Waals surface area contributed by atoms with Crippen molar-refractivity contribution >= 4 is 23.5 Å². The number of amides is 1. The second-order valence-electron chi connectivity index (χ2n) is 6.80. The van der Waals surface area contributed by atoms with E-state index >= 15 is 0 Å². The molecule has 6 heteroatoms. The molecule has 1 aromatic carbocycles. The number of aryl methyl sites for hydroxylation is 1. The molecule has 1 N–H and O–H groups in total. The quantitative estimate of drug-likeness (QED) is 0.781. The first-order valence-electron chi connectivity index (χ1n) is 8.70. The van der Waals surface area contributed by atoms with Gasteiger partial charge in [0.15, 0.2) is 13.2 Å². The van der Waals surface area contributed by atoms with Crippen molar-refractivity contribution in [1.29, 1.82) is 0 Å². The molecular formula is C19H26ClNO4. The van der Waals surface area contributed by atoms with Gasteiger partial charge in [-0.15, -0.1) is 0 Å². The summed E-state index contributed by atoms with van der Waals surface area (Å²) in [6, 6.07) is 5.29. The molecule has 5 nitrogen and oxygen atoms in total. The number of nitrogens with one attached hydrogen (secondary N) is 1. The average molecular weight is 368 g/mol. The highest BCUT2D eigenvalue weighted by Gasteiger charge is 2.28. The monoisotopic (exact) mass is 367 g/mol. The fraction of sp³-hybridized carbons (Fsp3) is 0.579. The van der Waals surface area contributed by atoms with Crippen molar-refractivity contribution in [2.24, 2.45) is 11.8 Å². The molecule has 1 aromatic rings. The lowest BCUT2D eigenvalue weighted by atomic mass is 9.78. The van der Waals surface area contributed by atoms with E-state index in [0.29, 0.717) is 22.6 Å². The Morgan fingerprint density at radius 2 is 2.00 bits per heavy atom. The minimum absolute atomic E-state index is 0.155. The minimum Gasteiger partial charge on any atom is -0.482 e. The molecule has 1 fully saturated rings. The number of benzene rings is 1. The largest absolute Gasteiger partial charge is 0.482 e. The van der Waals surface area contributed by atoms with Gasteiger partial charge in [0.2, 0.25) is 0 Å². The molecule has 0 aliphatic heterocycles. The van der Waals surface area contributed by atoms with Gasteiger partial charge in [0.1, 0.15) is 5.75 Å². The fourth-order valence-electron chi connectivity index (χ4n) is 3.13. The van der Waals surface area contributed by atoms with Gasteiger partial charge < -0.3 is 14.8 Å². The highest BCUT2D eigenvalue weighted by molar-refractivity contribution is 6.30. The van der Waals surface area contributed by atoms with Crippen LogP contribution in [0.3, 0.4) is 0 Å². The SMILES string of the molecule is Cc1cc(Cl)ccc1OCC(=O)OCC(=O)N[C@@H]1CCC[C@@H](C)[C@@H]1C. The lowest BCUT2D eigenvalue weighted by Crippen LogP contribution is -2.45. The van der Waals surface area contributed by atoms with E-state index in [0.717, 1.165) is 18.4 Å². The first-order valence-corrected chi connectivity index (χ1v) is 9.08. The number of carbonyl (C=O) groups is 2. The van der Waals surface area contributed by atoms with E-state index in [9.17, 15) is 9.59 Å². The zero-order chi connectivity index (χ0) is 18.4. The Balaban J connectivity index is 1.71. The summed E-state index contributed by atoms with van der Waals surface area (Å²) in [5.41, 5.74) is 0.832. The molecule has 0 spiro atoms. The van der Waals surface area contributed by atoms with Gasteiger partial charge in [0, 0.05) is 11.1 Å². The highest BCUT2D eigenvalue weighted by Crippen LogP contribution is 2.29. The van der Waals surface area contributed by atoms with Crippen molar-refractivity contribution in [2.75, 3.05) is 13.2 Å². The predicted octanol–water partition coefficient (Wildman–Crippen LogP) is 3.51. The van der Waals surface area contributed by atoms with E-state index in [4.69, 9.17) is 21.1 Å². The van der Waals surface area contributed by atoms with Crippen LogP contribution < -0.4 is 10.1 Å². The maximum atomic E-state index is 12.0. The zero-order valence-corrected chi connectivity index (χ0v) is 15.8. The molecule has 0 radical (unpaired) electrons. The van der Waals surface area contributed by atoms with Gasteiger partial charge in [0.25, 0.3) is 5.91 Å². The third-order valence-electron chi connectivity index (χ3n) is 4.90. The first-order chi connectivity index (χ1) is 11.9. The van der Waals surface area contributed by atoms with Crippen LogP contribution in [0.1, 0.15) is 38.7 Å². The molecule has 1 aliphatic rings. The number of esters is 1. The maximum absolute atomic E-state index is 12.0. The van der Waals surface area contributed by atoms with E-state index in [2.05, 4.69) is 19.2 Å². The molecule has 0 heterocycles. The van der Waals surface area contributed by atoms with Crippen molar-refractivity contribution < 1.29 is 19.1 Å². The Hall–Kier alpha value is -1.75. The number of carbonyl (C=O) groups excluding carboxylic acids is 2. The summed E-state index contributed by atoms with van der Waals surface area (Å²) in [7, 11) is 0. The summed E-state index contributed by atoms with van der Waals surface area (Å²) in [6.07, 6.45) is 3.29. The topological polar surface area (TPSA) is 64.6 Å². The van der Waals surface area contributed by atoms with E-state index in [-0.39, 0.29) is 25.2 Å². The van der Waals surface area contributed by atoms with Crippen molar-refractivity contribution in [3.63, 3.8) is 0 Å². The van der Waals surface area contributed by atoms with Crippen molar-refractivity contribution in [1.82, 2.24) is 5.32 Å². The smallest absolute Gasteiger partial charge is 0.344 e. The molecular weight excluding hydrogens is 342 g/mol. The van der Waals surface area contributed by atoms with E-state index < -0.39 is 5.97 Å². The summed E-state index contributed by atoms with van der Waals surface area (Å²) >= 11 is 5.87. The van der Waals surface area contributed by atoms with Crippen LogP contribution >= 0.6 is 11.6 Å². The zero-order valence-electron chi connectivity index (χ0n) is 15.0. The summed E-state index contributed by atoms with van der Waals surface area (Å²) in [5.74, 6) is 0.759. The summed E-state index contributed by atoms with van der Waals surface area (Å²) < 4.78 is 10.4. The molecule has 2 rings (SSSR count). The summed E-state index contributed by atoms with van der Waals surface area (Å²) in [4.78, 5) is 23.7. The second kappa shape index (κ2) is 9.09. The summed E-state index contributed by atoms with van der Waals surface area (Å²) in [5, 5.41) is 3.58. The normalized spacial score (nSPS) is 23.0. The molecule has 1 saturated carbocycles. The average Bonchev–Trinajstić information content (AvgIpc) is 2.56. The van der Waals surface area contributed by atoms with Crippen LogP contribution in [0.5, 0.6) is 5.75 Å². The number of hydrogen-bond acceptors (Lipinski definition) is 4. The standard InChI is InChI=1S/C19H26ClNO4/c1-12-5-4-6-16(14(12)3)21-18(22)10-25-19(23)11-24-17-8-7-15(20)9-13(17)2/h7-9,12,14,16H,4-6,10-11H2,1-3H3,(H,21,22)/t12-,14+,16-/m1/s1. The number of ether oxygens (including phenoxy) is 2. The van der Waals surface area contributed by atoms with Gasteiger partial charge in [-0.2, -0.15) is 0 Å². The van der Waals surface area contributed by atoms with E-state index in [1.807, 2.05) is 6.92 Å². The summed E-state index contributed by atoms with van der Waals surface area (Å²) in [6.45, 7) is 5.68. The Morgan fingerprint density at radius 3 is 2.72 bits per heavy atom. The van der Waals surface area contributed by atoms with Crippen LogP contribution in [0.25, 0.3) is 0 Å². The Labute approximate surface area is 154 Å². The number of halogens is 1. The van der Waals surface area contributed by atoms with Gasteiger partial charge in [-0.1, -0.05) is 38.3 Å². The van der Waals surface area contributed by atoms with Gasteiger partial charge in [-0.3, -0.25) is 4.79 Å². The van der Waals surface area contributed by atoms with Crippen molar-refractivity contribution in [3.05, 3.63) is 28.8 Å². The van der Waals surface area contributed by atoms with Crippen molar-refractivity contribution in [2.45, 2.75) is 46.1 Å². The molecule has 0 unspecified atom stereocenters. The molecule has 138 valence electrons. The number of hydrogen-bond donors (Lipinski definition) is 1. The molecule has 1 amide bonds. The van der Waals surface area contributed by atoms with E-state index in [1.165, 1.54) is 6.42 Å². The van der Waals surface area contributed by atoms with Crippen LogP contribution in [0.4, 0.5) is 0 Å². The van der Waals surface area contributed by atoms with Crippen LogP contribution in [-0.4, -0.2) is 31.1 Å². The molecule has 1 aliphatic carbocycles. The van der Waals surface area contributed by atoms with Gasteiger partial charge >= 0.3 is 5.97 Å². The second-order valence-corrected chi connectivity index (χ2v) is 7.24. The third-order valence-corrected chi connectivity index (χ3v) is 5.14. The Morgan fingerprint density at radius 1 is 1.24 bits per heavy atom. The van der Waals surface area contributed by atoms with Crippen molar-refractivity contribution in [3.8, 4) is 5.75 Å². The van der Waals surface area contributed by atoms with Gasteiger partial charge in [0.05, 0.1) is 0 Å². The molecule has 3 atom stereocenters. The van der Waals surface area contributed by atoms with Gasteiger partial charge in [-0.25, -0.2) is 4.79 Å². The Bertz CT molecular complexity index is 619. The van der Waals surface area contributed by atoms with Gasteiger partial charge in [-0.05, 0) is 48.9 Å². The van der Waals surface area contributed by atoms with Crippen LogP contribution in [0.15, 0.2) is 18.2 Å². The van der Waals surface area contributed by atoms with Crippen LogP contribution in [-0.2, 0) is 14.3 Å². The molecule has 0 aromatic heterocycles. The molecule has 0 bridgehead atoms. The first kappa shape index (κ1) is 19.6. The Kier molecular flexibility index (Phi) is 7.12. The third kappa shape index (κ3) is 5.92. The maximum Gasteiger partial charge on any atom is 0.344 e. The number of rotatable bonds is 6. The van der Waals surface area contributed by atoms with Crippen LogP contribution in [0.2, 0.25) is 5.02 Å². The molecule has 0 saturated heterocycles. The fourth-order valence-corrected chi connectivity index (χ4v) is 3.36. The predicted molar refractivity (Wildman–Crippen MR) is 96.8 cm³/mol.